The van der Waals surface area contributed by atoms with E-state index in [0.29, 0.717) is 23.1 Å². The molecule has 0 spiro atoms. The van der Waals surface area contributed by atoms with Gasteiger partial charge >= 0.3 is 0 Å². The summed E-state index contributed by atoms with van der Waals surface area (Å²) in [6.07, 6.45) is 17.4. The maximum absolute atomic E-state index is 15.4. The zero-order valence-corrected chi connectivity index (χ0v) is 30.5. The van der Waals surface area contributed by atoms with Crippen LogP contribution in [0.3, 0.4) is 0 Å². The molecule has 7 aromatic rings. The third-order valence-electron chi connectivity index (χ3n) is 10.4. The standard InChI is InChI=1S/C50H36O3S/c1-32(36-21-10-13-26-40(36)49(51)33-17-5-4-6-18-33)35-20-7-2-3-8-25-41(38-23-12-11-22-37(35)38)50(52)44-30-42-39-24-14-15-27-45(39)53-46(42)31-43(44)48-29-34-19-9-16-28-47(34)54-48/h4-5,7-17,19-31H,1-3,6,18H2/b20-7?,25-8+,37-35?,41-38+. The number of fused-ring (bicyclic) bond motifs is 5. The molecule has 0 aliphatic heterocycles. The fraction of sp³-hybridized carbons (Fsp3) is 0.0800. The predicted octanol–water partition coefficient (Wildman–Crippen LogP) is 11.7. The van der Waals surface area contributed by atoms with Crippen molar-refractivity contribution in [2.45, 2.75) is 25.7 Å². The van der Waals surface area contributed by atoms with Crippen molar-refractivity contribution in [2.24, 2.45) is 0 Å². The Morgan fingerprint density at radius 1 is 0.611 bits per heavy atom. The molecule has 0 fully saturated rings. The van der Waals surface area contributed by atoms with Gasteiger partial charge in [-0.25, -0.2) is 0 Å². The molecular formula is C50H36O3S. The number of rotatable bonds is 7. The minimum Gasteiger partial charge on any atom is -0.456 e. The highest BCUT2D eigenvalue weighted by Gasteiger charge is 2.23. The molecule has 5 aromatic carbocycles. The fourth-order valence-electron chi connectivity index (χ4n) is 7.67. The van der Waals surface area contributed by atoms with Crippen LogP contribution in [0.25, 0.3) is 59.2 Å². The largest absolute Gasteiger partial charge is 0.456 e. The summed E-state index contributed by atoms with van der Waals surface area (Å²) in [4.78, 5) is 30.3. The van der Waals surface area contributed by atoms with Crippen LogP contribution < -0.4 is 10.4 Å². The van der Waals surface area contributed by atoms with E-state index in [0.717, 1.165) is 94.4 Å². The van der Waals surface area contributed by atoms with Crippen LogP contribution in [0.4, 0.5) is 0 Å². The van der Waals surface area contributed by atoms with Gasteiger partial charge in [0.15, 0.2) is 11.6 Å². The van der Waals surface area contributed by atoms with Crippen LogP contribution in [-0.2, 0) is 0 Å². The summed E-state index contributed by atoms with van der Waals surface area (Å²) in [7, 11) is 0. The van der Waals surface area contributed by atoms with Crippen molar-refractivity contribution >= 4 is 71.6 Å². The van der Waals surface area contributed by atoms with Crippen molar-refractivity contribution < 1.29 is 14.0 Å². The first-order valence-electron chi connectivity index (χ1n) is 18.4. The Hall–Kier alpha value is -6.36. The molecule has 2 heterocycles. The van der Waals surface area contributed by atoms with Crippen LogP contribution in [0.15, 0.2) is 174 Å². The summed E-state index contributed by atoms with van der Waals surface area (Å²) < 4.78 is 7.52. The van der Waals surface area contributed by atoms with Gasteiger partial charge in [0.1, 0.15) is 11.2 Å². The van der Waals surface area contributed by atoms with E-state index in [1.807, 2.05) is 109 Å². The second-order valence-electron chi connectivity index (χ2n) is 13.7. The zero-order valence-electron chi connectivity index (χ0n) is 29.7. The quantitative estimate of drug-likeness (QED) is 0.154. The average molecular weight is 717 g/mol. The lowest BCUT2D eigenvalue weighted by Gasteiger charge is -2.16. The first-order valence-corrected chi connectivity index (χ1v) is 19.2. The molecule has 2 aromatic heterocycles. The first-order chi connectivity index (χ1) is 26.5. The van der Waals surface area contributed by atoms with E-state index in [-0.39, 0.29) is 11.6 Å². The van der Waals surface area contributed by atoms with Crippen molar-refractivity contribution in [3.63, 3.8) is 0 Å². The molecular weight excluding hydrogens is 681 g/mol. The summed E-state index contributed by atoms with van der Waals surface area (Å²) >= 11 is 1.68. The molecule has 2 aliphatic rings. The highest BCUT2D eigenvalue weighted by atomic mass is 32.1. The number of Topliss-reactive ketones (excluding diaryl/α,β-unsaturated/α-hetero) is 2. The van der Waals surface area contributed by atoms with Crippen molar-refractivity contribution in [2.75, 3.05) is 0 Å². The molecule has 0 unspecified atom stereocenters. The Morgan fingerprint density at radius 2 is 1.31 bits per heavy atom. The molecule has 0 amide bonds. The molecule has 0 N–H and O–H groups in total. The van der Waals surface area contributed by atoms with Gasteiger partial charge in [0.05, 0.1) is 0 Å². The number of allylic oxidation sites excluding steroid dienone is 9. The lowest BCUT2D eigenvalue weighted by Crippen LogP contribution is -2.31. The Morgan fingerprint density at radius 3 is 2.11 bits per heavy atom. The van der Waals surface area contributed by atoms with Crippen molar-refractivity contribution in [3.05, 3.63) is 197 Å². The molecule has 0 atom stereocenters. The maximum Gasteiger partial charge on any atom is 0.194 e. The van der Waals surface area contributed by atoms with E-state index in [1.165, 1.54) is 0 Å². The van der Waals surface area contributed by atoms with Crippen LogP contribution >= 0.6 is 11.3 Å². The molecule has 4 heteroatoms. The summed E-state index contributed by atoms with van der Waals surface area (Å²) in [5.41, 5.74) is 7.44. The van der Waals surface area contributed by atoms with Crippen LogP contribution in [0.2, 0.25) is 0 Å². The summed E-state index contributed by atoms with van der Waals surface area (Å²) in [6, 6.07) is 38.3. The molecule has 0 bridgehead atoms. The summed E-state index contributed by atoms with van der Waals surface area (Å²) in [5, 5.41) is 4.71. The summed E-state index contributed by atoms with van der Waals surface area (Å²) in [6.45, 7) is 4.63. The minimum absolute atomic E-state index is 0.0233. The van der Waals surface area contributed by atoms with Gasteiger partial charge in [-0.05, 0) is 88.5 Å². The maximum atomic E-state index is 15.4. The molecule has 2 aliphatic carbocycles. The predicted molar refractivity (Wildman–Crippen MR) is 225 cm³/mol. The van der Waals surface area contributed by atoms with E-state index in [4.69, 9.17) is 4.42 Å². The van der Waals surface area contributed by atoms with Crippen LogP contribution in [0.5, 0.6) is 0 Å². The number of hydrogen-bond acceptors (Lipinski definition) is 4. The van der Waals surface area contributed by atoms with Gasteiger partial charge in [-0.1, -0.05) is 134 Å². The van der Waals surface area contributed by atoms with E-state index in [2.05, 4.69) is 55.1 Å². The van der Waals surface area contributed by atoms with Gasteiger partial charge < -0.3 is 4.42 Å². The van der Waals surface area contributed by atoms with Crippen LogP contribution in [-0.4, -0.2) is 11.6 Å². The van der Waals surface area contributed by atoms with Gasteiger partial charge in [0, 0.05) is 48.2 Å². The average Bonchev–Trinajstić information content (AvgIpc) is 3.83. The van der Waals surface area contributed by atoms with Gasteiger partial charge in [-0.15, -0.1) is 11.3 Å². The Bertz CT molecular complexity index is 2910. The number of carbonyl (C=O) groups is 2. The van der Waals surface area contributed by atoms with E-state index >= 15 is 4.79 Å². The Labute approximate surface area is 317 Å². The molecule has 54 heavy (non-hydrogen) atoms. The number of furan rings is 1. The molecule has 3 nitrogen and oxygen atoms in total. The van der Waals surface area contributed by atoms with Crippen LogP contribution in [0, 0.1) is 0 Å². The van der Waals surface area contributed by atoms with Gasteiger partial charge in [0.25, 0.3) is 0 Å². The highest BCUT2D eigenvalue weighted by molar-refractivity contribution is 7.22. The number of thiophene rings is 1. The highest BCUT2D eigenvalue weighted by Crippen LogP contribution is 2.40. The van der Waals surface area contributed by atoms with E-state index in [9.17, 15) is 4.79 Å². The fourth-order valence-corrected chi connectivity index (χ4v) is 8.76. The van der Waals surface area contributed by atoms with Gasteiger partial charge in [-0.2, -0.15) is 0 Å². The summed E-state index contributed by atoms with van der Waals surface area (Å²) in [5.74, 6) is -0.0455. The molecule has 0 saturated carbocycles. The molecule has 0 saturated heterocycles. The van der Waals surface area contributed by atoms with Gasteiger partial charge in [0.2, 0.25) is 0 Å². The van der Waals surface area contributed by atoms with Crippen molar-refractivity contribution in [1.82, 2.24) is 0 Å². The first kappa shape index (κ1) is 33.5. The van der Waals surface area contributed by atoms with Crippen molar-refractivity contribution in [1.29, 1.82) is 0 Å². The SMILES string of the molecule is C=C(C1=c2cccc/c2=C(C(=O)c2cc3c(cc2-c2cc4ccccc4s2)oc2ccccc23)/C=C/CCC=C1)c1ccccc1C(=O)C1=CC=CCC1. The third-order valence-corrected chi connectivity index (χ3v) is 11.6. The van der Waals surface area contributed by atoms with E-state index < -0.39 is 0 Å². The lowest BCUT2D eigenvalue weighted by atomic mass is 9.87. The zero-order chi connectivity index (χ0) is 36.6. The number of ketones is 2. The molecule has 9 rings (SSSR count). The number of benzene rings is 5. The minimum atomic E-state index is -0.0688. The number of para-hydroxylation sites is 1. The molecule has 0 radical (unpaired) electrons. The third kappa shape index (κ3) is 6.05. The van der Waals surface area contributed by atoms with Crippen molar-refractivity contribution in [3.8, 4) is 10.4 Å². The normalized spacial score (nSPS) is 16.0. The molecule has 260 valence electrons. The van der Waals surface area contributed by atoms with Crippen LogP contribution in [0.1, 0.15) is 52.0 Å². The van der Waals surface area contributed by atoms with E-state index in [1.54, 1.807) is 11.3 Å². The Kier molecular flexibility index (Phi) is 8.82. The van der Waals surface area contributed by atoms with Gasteiger partial charge in [-0.3, -0.25) is 9.59 Å². The second kappa shape index (κ2) is 14.2. The number of carbonyl (C=O) groups excluding carboxylic acids is 2. The lowest BCUT2D eigenvalue weighted by molar-refractivity contribution is 0.102. The number of hydrogen-bond donors (Lipinski definition) is 0. The topological polar surface area (TPSA) is 47.3 Å². The Balaban J connectivity index is 1.28. The monoisotopic (exact) mass is 716 g/mol. The smallest absolute Gasteiger partial charge is 0.194 e. The second-order valence-corrected chi connectivity index (χ2v) is 14.8.